The average Bonchev–Trinajstić information content (AvgIpc) is 2.94. The summed E-state index contributed by atoms with van der Waals surface area (Å²) < 4.78 is 0. The van der Waals surface area contributed by atoms with Gasteiger partial charge in [0, 0.05) is 6.92 Å². The Morgan fingerprint density at radius 2 is 2.06 bits per heavy atom. The first-order valence-electron chi connectivity index (χ1n) is 5.40. The molecule has 0 aromatic rings. The molecule has 0 aliphatic carbocycles. The Morgan fingerprint density at radius 1 is 1.44 bits per heavy atom. The summed E-state index contributed by atoms with van der Waals surface area (Å²) in [7, 11) is 0. The molecule has 1 aliphatic rings. The Hall–Kier alpha value is -0.680. The molecule has 1 atom stereocenters. The van der Waals surface area contributed by atoms with Crippen LogP contribution in [0.5, 0.6) is 0 Å². The minimum Gasteiger partial charge on any atom is -0.221 e. The molecule has 1 heterocycles. The van der Waals surface area contributed by atoms with E-state index in [4.69, 9.17) is 9.78 Å². The van der Waals surface area contributed by atoms with Crippen molar-refractivity contribution in [1.29, 1.82) is 0 Å². The molecule has 1 aliphatic heterocycles. The molecule has 1 fully saturated rings. The van der Waals surface area contributed by atoms with E-state index in [9.17, 15) is 0 Å². The summed E-state index contributed by atoms with van der Waals surface area (Å²) >= 11 is 0. The standard InChI is InChI=1S/C12H20O4/c1-6-11(4,9-7-8-10(2)3)13-14-12(5)15-16-12/h6,8H,1,7,9H2,2-5H3. The third-order valence-electron chi connectivity index (χ3n) is 2.33. The molecule has 0 bridgehead atoms. The summed E-state index contributed by atoms with van der Waals surface area (Å²) in [5.74, 6) is -1.04. The van der Waals surface area contributed by atoms with Gasteiger partial charge in [0.15, 0.2) is 0 Å². The zero-order valence-electron chi connectivity index (χ0n) is 10.4. The zero-order chi connectivity index (χ0) is 12.2. The SMILES string of the molecule is C=CC(C)(CCC=C(C)C)OOC1(C)OO1. The van der Waals surface area contributed by atoms with Crippen molar-refractivity contribution in [2.45, 2.75) is 52.1 Å². The van der Waals surface area contributed by atoms with Gasteiger partial charge in [-0.05, 0) is 33.6 Å². The maximum absolute atomic E-state index is 5.29. The zero-order valence-corrected chi connectivity index (χ0v) is 10.4. The maximum atomic E-state index is 5.29. The summed E-state index contributed by atoms with van der Waals surface area (Å²) in [6.07, 6.45) is 5.57. The maximum Gasteiger partial charge on any atom is 0.363 e. The summed E-state index contributed by atoms with van der Waals surface area (Å²) in [6.45, 7) is 11.4. The van der Waals surface area contributed by atoms with Crippen molar-refractivity contribution in [2.24, 2.45) is 0 Å². The highest BCUT2D eigenvalue weighted by Gasteiger charge is 2.48. The molecule has 1 unspecified atom stereocenters. The van der Waals surface area contributed by atoms with Crippen LogP contribution in [0.15, 0.2) is 24.3 Å². The van der Waals surface area contributed by atoms with Crippen LogP contribution < -0.4 is 0 Å². The van der Waals surface area contributed by atoms with E-state index in [2.05, 4.69) is 36.3 Å². The highest BCUT2D eigenvalue weighted by Crippen LogP contribution is 2.33. The normalized spacial score (nSPS) is 21.0. The fourth-order valence-corrected chi connectivity index (χ4v) is 1.08. The Morgan fingerprint density at radius 3 is 2.50 bits per heavy atom. The first kappa shape index (κ1) is 13.4. The van der Waals surface area contributed by atoms with Gasteiger partial charge in [0.2, 0.25) is 0 Å². The van der Waals surface area contributed by atoms with Gasteiger partial charge in [-0.3, -0.25) is 0 Å². The number of hydrogen-bond donors (Lipinski definition) is 0. The number of rotatable bonds is 7. The topological polar surface area (TPSA) is 43.5 Å². The highest BCUT2D eigenvalue weighted by atomic mass is 17.5. The predicted octanol–water partition coefficient (Wildman–Crippen LogP) is 3.26. The smallest absolute Gasteiger partial charge is 0.221 e. The third kappa shape index (κ3) is 4.45. The fraction of sp³-hybridized carbons (Fsp3) is 0.667. The lowest BCUT2D eigenvalue weighted by Gasteiger charge is -2.23. The van der Waals surface area contributed by atoms with Crippen LogP contribution in [0.2, 0.25) is 0 Å². The van der Waals surface area contributed by atoms with Crippen molar-refractivity contribution < 1.29 is 19.6 Å². The van der Waals surface area contributed by atoms with Crippen LogP contribution in [0.25, 0.3) is 0 Å². The summed E-state index contributed by atoms with van der Waals surface area (Å²) in [6, 6.07) is 0. The molecule has 0 amide bonds. The van der Waals surface area contributed by atoms with Crippen LogP contribution in [0.4, 0.5) is 0 Å². The van der Waals surface area contributed by atoms with Gasteiger partial charge in [-0.15, -0.1) is 6.58 Å². The minimum atomic E-state index is -1.04. The molecular formula is C12H20O4. The molecule has 4 heteroatoms. The molecule has 0 radical (unpaired) electrons. The van der Waals surface area contributed by atoms with Gasteiger partial charge < -0.3 is 0 Å². The first-order valence-corrected chi connectivity index (χ1v) is 5.40. The third-order valence-corrected chi connectivity index (χ3v) is 2.33. The molecule has 4 nitrogen and oxygen atoms in total. The lowest BCUT2D eigenvalue weighted by molar-refractivity contribution is -0.401. The fourth-order valence-electron chi connectivity index (χ4n) is 1.08. The van der Waals surface area contributed by atoms with Crippen LogP contribution in [-0.4, -0.2) is 11.6 Å². The summed E-state index contributed by atoms with van der Waals surface area (Å²) in [5.41, 5.74) is 0.748. The van der Waals surface area contributed by atoms with Gasteiger partial charge in [-0.25, -0.2) is 4.89 Å². The van der Waals surface area contributed by atoms with E-state index in [-0.39, 0.29) is 0 Å². The molecule has 1 saturated heterocycles. The number of allylic oxidation sites excluding steroid dienone is 2. The Balaban J connectivity index is 2.36. The first-order chi connectivity index (χ1) is 7.39. The second-order valence-corrected chi connectivity index (χ2v) is 4.53. The Bertz CT molecular complexity index is 277. The van der Waals surface area contributed by atoms with Crippen LogP contribution in [0, 0.1) is 0 Å². The number of hydrogen-bond acceptors (Lipinski definition) is 4. The van der Waals surface area contributed by atoms with Gasteiger partial charge in [0.1, 0.15) is 5.60 Å². The minimum absolute atomic E-state index is 0.537. The average molecular weight is 228 g/mol. The van der Waals surface area contributed by atoms with E-state index in [1.54, 1.807) is 13.0 Å². The van der Waals surface area contributed by atoms with Crippen LogP contribution >= 0.6 is 0 Å². The van der Waals surface area contributed by atoms with Crippen molar-refractivity contribution in [3.63, 3.8) is 0 Å². The van der Waals surface area contributed by atoms with Crippen LogP contribution in [0.3, 0.4) is 0 Å². The van der Waals surface area contributed by atoms with Crippen molar-refractivity contribution in [2.75, 3.05) is 0 Å². The van der Waals surface area contributed by atoms with Crippen molar-refractivity contribution in [3.05, 3.63) is 24.3 Å². The van der Waals surface area contributed by atoms with E-state index >= 15 is 0 Å². The Labute approximate surface area is 96.7 Å². The largest absolute Gasteiger partial charge is 0.363 e. The van der Waals surface area contributed by atoms with Gasteiger partial charge >= 0.3 is 5.97 Å². The predicted molar refractivity (Wildman–Crippen MR) is 60.0 cm³/mol. The molecule has 0 N–H and O–H groups in total. The molecule has 0 spiro atoms. The van der Waals surface area contributed by atoms with E-state index in [1.165, 1.54) is 5.57 Å². The van der Waals surface area contributed by atoms with E-state index < -0.39 is 11.6 Å². The van der Waals surface area contributed by atoms with E-state index in [0.717, 1.165) is 12.8 Å². The van der Waals surface area contributed by atoms with Gasteiger partial charge in [-0.2, -0.15) is 14.7 Å². The van der Waals surface area contributed by atoms with Crippen molar-refractivity contribution in [3.8, 4) is 0 Å². The van der Waals surface area contributed by atoms with Crippen LogP contribution in [-0.2, 0) is 19.6 Å². The molecule has 0 aromatic carbocycles. The molecule has 16 heavy (non-hydrogen) atoms. The molecule has 1 rings (SSSR count). The summed E-state index contributed by atoms with van der Waals surface area (Å²) in [5, 5.41) is 0. The van der Waals surface area contributed by atoms with Gasteiger partial charge in [-0.1, -0.05) is 17.7 Å². The molecular weight excluding hydrogens is 208 g/mol. The lowest BCUT2D eigenvalue weighted by atomic mass is 10.00. The quantitative estimate of drug-likeness (QED) is 0.290. The Kier molecular flexibility index (Phi) is 4.27. The van der Waals surface area contributed by atoms with E-state index in [0.29, 0.717) is 0 Å². The van der Waals surface area contributed by atoms with Crippen molar-refractivity contribution in [1.82, 2.24) is 0 Å². The lowest BCUT2D eigenvalue weighted by Crippen LogP contribution is -2.28. The molecule has 0 aromatic heterocycles. The highest BCUT2D eigenvalue weighted by molar-refractivity contribution is 4.98. The van der Waals surface area contributed by atoms with E-state index in [1.807, 2.05) is 6.92 Å². The van der Waals surface area contributed by atoms with Crippen LogP contribution in [0.1, 0.15) is 40.5 Å². The summed E-state index contributed by atoms with van der Waals surface area (Å²) in [4.78, 5) is 19.5. The van der Waals surface area contributed by atoms with Gasteiger partial charge in [0.25, 0.3) is 0 Å². The second kappa shape index (κ2) is 5.10. The van der Waals surface area contributed by atoms with Gasteiger partial charge in [0.05, 0.1) is 0 Å². The second-order valence-electron chi connectivity index (χ2n) is 4.53. The molecule has 92 valence electrons. The monoisotopic (exact) mass is 228 g/mol. The van der Waals surface area contributed by atoms with Crippen molar-refractivity contribution >= 4 is 0 Å². The molecule has 0 saturated carbocycles.